The second-order valence-corrected chi connectivity index (χ2v) is 8.12. The molecule has 0 unspecified atom stereocenters. The molecule has 0 radical (unpaired) electrons. The Hall–Kier alpha value is -3.11. The molecule has 3 aromatic carbocycles. The summed E-state index contributed by atoms with van der Waals surface area (Å²) in [4.78, 5) is 15.2. The first-order valence-electron chi connectivity index (χ1n) is 11.0. The monoisotopic (exact) mass is 414 g/mol. The number of rotatable bonds is 7. The van der Waals surface area contributed by atoms with E-state index in [9.17, 15) is 4.79 Å². The summed E-state index contributed by atoms with van der Waals surface area (Å²) in [6.45, 7) is 7.56. The Labute approximate surface area is 184 Å². The topological polar surface area (TPSA) is 41.6 Å². The molecule has 1 aliphatic heterocycles. The van der Waals surface area contributed by atoms with Gasteiger partial charge in [-0.15, -0.1) is 0 Å². The summed E-state index contributed by atoms with van der Waals surface area (Å²) in [5.74, 6) is 0.789. The average Bonchev–Trinajstić information content (AvgIpc) is 2.80. The molecule has 0 fully saturated rings. The Morgan fingerprint density at radius 2 is 1.71 bits per heavy atom. The molecule has 1 heterocycles. The van der Waals surface area contributed by atoms with Gasteiger partial charge in [0.1, 0.15) is 5.75 Å². The van der Waals surface area contributed by atoms with E-state index in [4.69, 9.17) is 4.74 Å². The van der Waals surface area contributed by atoms with E-state index in [1.165, 1.54) is 16.7 Å². The smallest absolute Gasteiger partial charge is 0.251 e. The summed E-state index contributed by atoms with van der Waals surface area (Å²) in [5.41, 5.74) is 5.86. The summed E-state index contributed by atoms with van der Waals surface area (Å²) in [6, 6.07) is 24.5. The van der Waals surface area contributed by atoms with Crippen LogP contribution >= 0.6 is 0 Å². The Morgan fingerprint density at radius 1 is 1.00 bits per heavy atom. The van der Waals surface area contributed by atoms with Crippen LogP contribution in [0.4, 0.5) is 0 Å². The number of amides is 1. The Kier molecular flexibility index (Phi) is 6.68. The highest BCUT2D eigenvalue weighted by molar-refractivity contribution is 5.94. The van der Waals surface area contributed by atoms with Crippen molar-refractivity contribution in [3.8, 4) is 5.75 Å². The van der Waals surface area contributed by atoms with E-state index in [0.717, 1.165) is 37.4 Å². The van der Waals surface area contributed by atoms with Crippen LogP contribution in [0.3, 0.4) is 0 Å². The van der Waals surface area contributed by atoms with Gasteiger partial charge < -0.3 is 10.1 Å². The van der Waals surface area contributed by atoms with Crippen LogP contribution in [0.5, 0.6) is 5.75 Å². The molecule has 4 nitrogen and oxygen atoms in total. The Morgan fingerprint density at radius 3 is 2.42 bits per heavy atom. The van der Waals surface area contributed by atoms with Crippen molar-refractivity contribution in [3.05, 3.63) is 101 Å². The highest BCUT2D eigenvalue weighted by Crippen LogP contribution is 2.21. The maximum atomic E-state index is 12.7. The van der Waals surface area contributed by atoms with Crippen LogP contribution in [0.15, 0.2) is 72.8 Å². The lowest BCUT2D eigenvalue weighted by Crippen LogP contribution is -2.30. The molecule has 31 heavy (non-hydrogen) atoms. The van der Waals surface area contributed by atoms with Crippen molar-refractivity contribution >= 4 is 5.91 Å². The van der Waals surface area contributed by atoms with Gasteiger partial charge in [0.05, 0.1) is 12.6 Å². The standard InChI is InChI=1S/C27H30N2O2/c1-3-31-26-14-12-22(13-15-26)20(2)28-27(30)24-10-8-21(9-11-24)18-29-17-16-23-6-4-5-7-25(23)19-29/h4-15,20H,3,16-19H2,1-2H3,(H,28,30)/t20-/m0/s1. The maximum Gasteiger partial charge on any atom is 0.251 e. The van der Waals surface area contributed by atoms with Crippen molar-refractivity contribution in [2.75, 3.05) is 13.2 Å². The quantitative estimate of drug-likeness (QED) is 0.582. The van der Waals surface area contributed by atoms with Gasteiger partial charge in [-0.1, -0.05) is 48.5 Å². The molecule has 1 aliphatic rings. The molecule has 0 bridgehead atoms. The number of hydrogen-bond acceptors (Lipinski definition) is 3. The van der Waals surface area contributed by atoms with Crippen molar-refractivity contribution in [3.63, 3.8) is 0 Å². The molecular weight excluding hydrogens is 384 g/mol. The van der Waals surface area contributed by atoms with E-state index in [2.05, 4.69) is 46.6 Å². The zero-order valence-corrected chi connectivity index (χ0v) is 18.3. The van der Waals surface area contributed by atoms with Crippen LogP contribution in [-0.2, 0) is 19.5 Å². The number of hydrogen-bond donors (Lipinski definition) is 1. The van der Waals surface area contributed by atoms with Gasteiger partial charge in [-0.2, -0.15) is 0 Å². The third-order valence-electron chi connectivity index (χ3n) is 5.87. The van der Waals surface area contributed by atoms with Gasteiger partial charge >= 0.3 is 0 Å². The molecule has 0 aliphatic carbocycles. The molecule has 160 valence electrons. The summed E-state index contributed by atoms with van der Waals surface area (Å²) < 4.78 is 5.48. The summed E-state index contributed by atoms with van der Waals surface area (Å²) in [6.07, 6.45) is 1.10. The van der Waals surface area contributed by atoms with Gasteiger partial charge in [-0.05, 0) is 66.8 Å². The molecule has 0 aromatic heterocycles. The molecule has 4 rings (SSSR count). The maximum absolute atomic E-state index is 12.7. The highest BCUT2D eigenvalue weighted by atomic mass is 16.5. The van der Waals surface area contributed by atoms with Crippen molar-refractivity contribution in [1.29, 1.82) is 0 Å². The van der Waals surface area contributed by atoms with Gasteiger partial charge in [0.15, 0.2) is 0 Å². The molecule has 1 N–H and O–H groups in total. The zero-order valence-electron chi connectivity index (χ0n) is 18.3. The van der Waals surface area contributed by atoms with Crippen LogP contribution in [0.1, 0.15) is 52.5 Å². The molecule has 3 aromatic rings. The minimum absolute atomic E-state index is 0.0557. The fourth-order valence-electron chi connectivity index (χ4n) is 4.09. The first-order chi connectivity index (χ1) is 15.1. The fraction of sp³-hybridized carbons (Fsp3) is 0.296. The van der Waals surface area contributed by atoms with E-state index in [1.807, 2.05) is 50.2 Å². The SMILES string of the molecule is CCOc1ccc([C@H](C)NC(=O)c2ccc(CN3CCc4ccccc4C3)cc2)cc1. The van der Waals surface area contributed by atoms with Gasteiger partial charge in [0.2, 0.25) is 0 Å². The minimum atomic E-state index is -0.0729. The van der Waals surface area contributed by atoms with E-state index >= 15 is 0 Å². The number of ether oxygens (including phenoxy) is 1. The summed E-state index contributed by atoms with van der Waals surface area (Å²) >= 11 is 0. The lowest BCUT2D eigenvalue weighted by atomic mass is 9.99. The number of fused-ring (bicyclic) bond motifs is 1. The largest absolute Gasteiger partial charge is 0.494 e. The van der Waals surface area contributed by atoms with Gasteiger partial charge in [-0.25, -0.2) is 0 Å². The molecule has 0 spiro atoms. The van der Waals surface area contributed by atoms with Crippen molar-refractivity contribution in [2.45, 2.75) is 39.4 Å². The molecule has 4 heteroatoms. The van der Waals surface area contributed by atoms with Crippen molar-refractivity contribution in [1.82, 2.24) is 10.2 Å². The second-order valence-electron chi connectivity index (χ2n) is 8.12. The molecule has 1 amide bonds. The van der Waals surface area contributed by atoms with E-state index in [1.54, 1.807) is 0 Å². The van der Waals surface area contributed by atoms with Gasteiger partial charge in [-0.3, -0.25) is 9.69 Å². The van der Waals surface area contributed by atoms with Crippen LogP contribution in [0, 0.1) is 0 Å². The first-order valence-corrected chi connectivity index (χ1v) is 11.0. The van der Waals surface area contributed by atoms with Gasteiger partial charge in [0, 0.05) is 25.2 Å². The van der Waals surface area contributed by atoms with E-state index in [-0.39, 0.29) is 11.9 Å². The molecule has 1 atom stereocenters. The van der Waals surface area contributed by atoms with E-state index < -0.39 is 0 Å². The zero-order chi connectivity index (χ0) is 21.6. The first kappa shape index (κ1) is 21.1. The van der Waals surface area contributed by atoms with Gasteiger partial charge in [0.25, 0.3) is 5.91 Å². The molecule has 0 saturated heterocycles. The third kappa shape index (κ3) is 5.33. The lowest BCUT2D eigenvalue weighted by Gasteiger charge is -2.28. The second kappa shape index (κ2) is 9.80. The fourth-order valence-corrected chi connectivity index (χ4v) is 4.09. The highest BCUT2D eigenvalue weighted by Gasteiger charge is 2.16. The Balaban J connectivity index is 1.33. The lowest BCUT2D eigenvalue weighted by molar-refractivity contribution is 0.0940. The number of nitrogens with zero attached hydrogens (tertiary/aromatic N) is 1. The normalized spacial score (nSPS) is 14.5. The predicted molar refractivity (Wildman–Crippen MR) is 124 cm³/mol. The van der Waals surface area contributed by atoms with Crippen LogP contribution < -0.4 is 10.1 Å². The van der Waals surface area contributed by atoms with Crippen molar-refractivity contribution < 1.29 is 9.53 Å². The molecular formula is C27H30N2O2. The van der Waals surface area contributed by atoms with Crippen LogP contribution in [0.25, 0.3) is 0 Å². The van der Waals surface area contributed by atoms with Crippen LogP contribution in [-0.4, -0.2) is 24.0 Å². The predicted octanol–water partition coefficient (Wildman–Crippen LogP) is 5.13. The number of nitrogens with one attached hydrogen (secondary N) is 1. The number of benzene rings is 3. The van der Waals surface area contributed by atoms with Crippen molar-refractivity contribution in [2.24, 2.45) is 0 Å². The van der Waals surface area contributed by atoms with E-state index in [0.29, 0.717) is 12.2 Å². The number of carbonyl (C=O) groups is 1. The van der Waals surface area contributed by atoms with Crippen LogP contribution in [0.2, 0.25) is 0 Å². The minimum Gasteiger partial charge on any atom is -0.494 e. The summed E-state index contributed by atoms with van der Waals surface area (Å²) in [5, 5.41) is 3.09. The Bertz CT molecular complexity index is 1010. The third-order valence-corrected chi connectivity index (χ3v) is 5.87. The average molecular weight is 415 g/mol. The molecule has 0 saturated carbocycles. The summed E-state index contributed by atoms with van der Waals surface area (Å²) in [7, 11) is 0. The number of carbonyl (C=O) groups excluding carboxylic acids is 1.